The number of benzene rings is 2. The van der Waals surface area contributed by atoms with Crippen LogP contribution in [-0.4, -0.2) is 30.1 Å². The van der Waals surface area contributed by atoms with Gasteiger partial charge in [0, 0.05) is 12.1 Å². The molecule has 138 valence electrons. The molecule has 0 unspecified atom stereocenters. The predicted octanol–water partition coefficient (Wildman–Crippen LogP) is 3.28. The molecular weight excluding hydrogens is 350 g/mol. The van der Waals surface area contributed by atoms with Crippen LogP contribution in [0.5, 0.6) is 5.75 Å². The van der Waals surface area contributed by atoms with Crippen molar-refractivity contribution >= 4 is 17.3 Å². The third kappa shape index (κ3) is 4.95. The smallest absolute Gasteiger partial charge is 0.338 e. The van der Waals surface area contributed by atoms with Gasteiger partial charge in [-0.25, -0.2) is 4.79 Å². The quantitative estimate of drug-likeness (QED) is 0.329. The SMILES string of the molecule is N#Cc1ccc(OCCOC(=O)c2ccc(NC3CC3)c([N+](=O)[O-])c2)cc1. The lowest BCUT2D eigenvalue weighted by Gasteiger charge is -2.09. The highest BCUT2D eigenvalue weighted by atomic mass is 16.6. The summed E-state index contributed by atoms with van der Waals surface area (Å²) in [5.41, 5.74) is 0.893. The van der Waals surface area contributed by atoms with Gasteiger partial charge in [0.15, 0.2) is 0 Å². The molecular formula is C19H17N3O5. The van der Waals surface area contributed by atoms with Gasteiger partial charge >= 0.3 is 5.97 Å². The van der Waals surface area contributed by atoms with Crippen molar-refractivity contribution in [3.63, 3.8) is 0 Å². The Labute approximate surface area is 155 Å². The summed E-state index contributed by atoms with van der Waals surface area (Å²) in [5, 5.41) is 23.0. The zero-order valence-electron chi connectivity index (χ0n) is 14.4. The van der Waals surface area contributed by atoms with E-state index >= 15 is 0 Å². The molecule has 1 saturated carbocycles. The summed E-state index contributed by atoms with van der Waals surface area (Å²) in [7, 11) is 0. The first-order valence-electron chi connectivity index (χ1n) is 8.42. The van der Waals surface area contributed by atoms with Crippen LogP contribution in [0.15, 0.2) is 42.5 Å². The van der Waals surface area contributed by atoms with Crippen LogP contribution in [0.4, 0.5) is 11.4 Å². The number of nitro groups is 1. The Kier molecular flexibility index (Phi) is 5.52. The molecule has 2 aromatic rings. The number of ether oxygens (including phenoxy) is 2. The molecule has 1 fully saturated rings. The zero-order chi connectivity index (χ0) is 19.2. The number of nitrogens with one attached hydrogen (secondary N) is 1. The third-order valence-corrected chi connectivity index (χ3v) is 3.94. The minimum atomic E-state index is -0.653. The van der Waals surface area contributed by atoms with Crippen molar-refractivity contribution in [2.24, 2.45) is 0 Å². The first-order chi connectivity index (χ1) is 13.1. The van der Waals surface area contributed by atoms with Crippen molar-refractivity contribution < 1.29 is 19.2 Å². The van der Waals surface area contributed by atoms with Gasteiger partial charge in [0.2, 0.25) is 0 Å². The van der Waals surface area contributed by atoms with E-state index in [0.29, 0.717) is 17.0 Å². The number of carbonyl (C=O) groups excluding carboxylic acids is 1. The monoisotopic (exact) mass is 367 g/mol. The second-order valence-corrected chi connectivity index (χ2v) is 6.03. The number of hydrogen-bond donors (Lipinski definition) is 1. The Morgan fingerprint density at radius 1 is 1.22 bits per heavy atom. The number of anilines is 1. The van der Waals surface area contributed by atoms with Gasteiger partial charge in [0.05, 0.1) is 22.1 Å². The largest absolute Gasteiger partial charge is 0.490 e. The molecule has 1 aliphatic rings. The molecule has 8 heteroatoms. The Balaban J connectivity index is 1.53. The molecule has 8 nitrogen and oxygen atoms in total. The predicted molar refractivity (Wildman–Crippen MR) is 96.7 cm³/mol. The fourth-order valence-electron chi connectivity index (χ4n) is 2.38. The molecule has 0 saturated heterocycles. The number of nitro benzene ring substituents is 1. The van der Waals surface area contributed by atoms with E-state index in [-0.39, 0.29) is 30.5 Å². The molecule has 3 rings (SSSR count). The van der Waals surface area contributed by atoms with Crippen LogP contribution >= 0.6 is 0 Å². The lowest BCUT2D eigenvalue weighted by molar-refractivity contribution is -0.384. The average Bonchev–Trinajstić information content (AvgIpc) is 3.49. The Morgan fingerprint density at radius 2 is 1.96 bits per heavy atom. The van der Waals surface area contributed by atoms with E-state index in [1.165, 1.54) is 18.2 Å². The van der Waals surface area contributed by atoms with E-state index in [1.807, 2.05) is 6.07 Å². The minimum Gasteiger partial charge on any atom is -0.490 e. The van der Waals surface area contributed by atoms with Crippen LogP contribution in [0.2, 0.25) is 0 Å². The topological polar surface area (TPSA) is 114 Å². The summed E-state index contributed by atoms with van der Waals surface area (Å²) in [6.45, 7) is 0.121. The van der Waals surface area contributed by atoms with E-state index < -0.39 is 10.9 Å². The number of hydrogen-bond acceptors (Lipinski definition) is 7. The Bertz CT molecular complexity index is 885. The first-order valence-corrected chi connectivity index (χ1v) is 8.42. The molecule has 0 spiro atoms. The Hall–Kier alpha value is -3.60. The molecule has 1 N–H and O–H groups in total. The van der Waals surface area contributed by atoms with E-state index in [1.54, 1.807) is 24.3 Å². The number of esters is 1. The normalized spacial score (nSPS) is 12.7. The van der Waals surface area contributed by atoms with Crippen LogP contribution in [0.3, 0.4) is 0 Å². The summed E-state index contributed by atoms with van der Waals surface area (Å²) in [6, 6.07) is 13.1. The highest BCUT2D eigenvalue weighted by Gasteiger charge is 2.25. The van der Waals surface area contributed by atoms with Crippen molar-refractivity contribution in [3.05, 3.63) is 63.7 Å². The molecule has 0 aromatic heterocycles. The number of nitriles is 1. The number of rotatable bonds is 8. The average molecular weight is 367 g/mol. The second-order valence-electron chi connectivity index (χ2n) is 6.03. The van der Waals surface area contributed by atoms with Crippen LogP contribution in [0.1, 0.15) is 28.8 Å². The van der Waals surface area contributed by atoms with Gasteiger partial charge < -0.3 is 14.8 Å². The maximum Gasteiger partial charge on any atom is 0.338 e. The van der Waals surface area contributed by atoms with Crippen LogP contribution in [0, 0.1) is 21.4 Å². The van der Waals surface area contributed by atoms with Crippen molar-refractivity contribution in [1.82, 2.24) is 0 Å². The minimum absolute atomic E-state index is 0.00525. The fourth-order valence-corrected chi connectivity index (χ4v) is 2.38. The van der Waals surface area contributed by atoms with Gasteiger partial charge in [-0.3, -0.25) is 10.1 Å². The maximum atomic E-state index is 12.1. The van der Waals surface area contributed by atoms with Gasteiger partial charge in [0.1, 0.15) is 24.7 Å². The number of nitrogens with zero attached hydrogens (tertiary/aromatic N) is 2. The van der Waals surface area contributed by atoms with Crippen molar-refractivity contribution in [2.45, 2.75) is 18.9 Å². The molecule has 0 amide bonds. The maximum absolute atomic E-state index is 12.1. The van der Waals surface area contributed by atoms with E-state index in [0.717, 1.165) is 12.8 Å². The molecule has 0 bridgehead atoms. The first kappa shape index (κ1) is 18.2. The summed E-state index contributed by atoms with van der Waals surface area (Å²) < 4.78 is 10.5. The highest BCUT2D eigenvalue weighted by Crippen LogP contribution is 2.31. The van der Waals surface area contributed by atoms with Gasteiger partial charge in [-0.1, -0.05) is 0 Å². The van der Waals surface area contributed by atoms with Gasteiger partial charge in [-0.15, -0.1) is 0 Å². The standard InChI is InChI=1S/C19H17N3O5/c20-12-13-1-6-16(7-2-13)26-9-10-27-19(23)14-3-8-17(21-15-4-5-15)18(11-14)22(24)25/h1-3,6-8,11,15,21H,4-5,9-10H2. The fraction of sp³-hybridized carbons (Fsp3) is 0.263. The summed E-state index contributed by atoms with van der Waals surface area (Å²) in [5.74, 6) is -0.101. The van der Waals surface area contributed by atoms with Crippen LogP contribution in [0.25, 0.3) is 0 Å². The van der Waals surface area contributed by atoms with Gasteiger partial charge in [-0.05, 0) is 49.2 Å². The molecule has 0 radical (unpaired) electrons. The van der Waals surface area contributed by atoms with Crippen molar-refractivity contribution in [1.29, 1.82) is 5.26 Å². The van der Waals surface area contributed by atoms with E-state index in [2.05, 4.69) is 5.32 Å². The van der Waals surface area contributed by atoms with Crippen molar-refractivity contribution in [3.8, 4) is 11.8 Å². The molecule has 1 aliphatic carbocycles. The molecule has 0 aliphatic heterocycles. The third-order valence-electron chi connectivity index (χ3n) is 3.94. The molecule has 2 aromatic carbocycles. The van der Waals surface area contributed by atoms with Crippen molar-refractivity contribution in [2.75, 3.05) is 18.5 Å². The summed E-state index contributed by atoms with van der Waals surface area (Å²) in [4.78, 5) is 22.8. The summed E-state index contributed by atoms with van der Waals surface area (Å²) in [6.07, 6.45) is 1.97. The lowest BCUT2D eigenvalue weighted by atomic mass is 10.1. The zero-order valence-corrected chi connectivity index (χ0v) is 14.4. The number of carbonyl (C=O) groups is 1. The van der Waals surface area contributed by atoms with E-state index in [9.17, 15) is 14.9 Å². The van der Waals surface area contributed by atoms with Gasteiger partial charge in [-0.2, -0.15) is 5.26 Å². The summed E-state index contributed by atoms with van der Waals surface area (Å²) >= 11 is 0. The van der Waals surface area contributed by atoms with Crippen LogP contribution < -0.4 is 10.1 Å². The van der Waals surface area contributed by atoms with Gasteiger partial charge in [0.25, 0.3) is 5.69 Å². The second kappa shape index (κ2) is 8.19. The van der Waals surface area contributed by atoms with Crippen LogP contribution in [-0.2, 0) is 4.74 Å². The molecule has 27 heavy (non-hydrogen) atoms. The molecule has 0 atom stereocenters. The Morgan fingerprint density at radius 3 is 2.59 bits per heavy atom. The highest BCUT2D eigenvalue weighted by molar-refractivity contribution is 5.91. The molecule has 0 heterocycles. The lowest BCUT2D eigenvalue weighted by Crippen LogP contribution is -2.13. The van der Waals surface area contributed by atoms with E-state index in [4.69, 9.17) is 14.7 Å².